The molecular formula is C20H22ClN5. The van der Waals surface area contributed by atoms with Crippen molar-refractivity contribution in [1.29, 1.82) is 0 Å². The fourth-order valence-electron chi connectivity index (χ4n) is 3.41. The average molecular weight is 368 g/mol. The van der Waals surface area contributed by atoms with Crippen LogP contribution in [0.15, 0.2) is 61.2 Å². The van der Waals surface area contributed by atoms with Crippen LogP contribution >= 0.6 is 11.6 Å². The molecule has 0 spiro atoms. The molecule has 2 heterocycles. The molecule has 0 aliphatic carbocycles. The van der Waals surface area contributed by atoms with Gasteiger partial charge in [0.05, 0.1) is 5.69 Å². The van der Waals surface area contributed by atoms with Crippen molar-refractivity contribution in [3.8, 4) is 5.69 Å². The number of aromatic nitrogens is 3. The number of hydrogen-bond acceptors (Lipinski definition) is 4. The Morgan fingerprint density at radius 1 is 1.04 bits per heavy atom. The Balaban J connectivity index is 1.24. The first kappa shape index (κ1) is 17.1. The number of benzene rings is 2. The standard InChI is InChI=1S/C20H22ClN5/c21-18-3-7-19(8-4-18)25-10-9-17(13-25)12-22-11-16-1-5-20(6-2-16)26-15-23-14-24-26/h1-8,14-15,17,22H,9-13H2. The Labute approximate surface area is 158 Å². The number of halogens is 1. The van der Waals surface area contributed by atoms with Crippen molar-refractivity contribution in [3.05, 3.63) is 71.8 Å². The van der Waals surface area contributed by atoms with E-state index >= 15 is 0 Å². The van der Waals surface area contributed by atoms with Gasteiger partial charge < -0.3 is 10.2 Å². The molecule has 3 aromatic rings. The molecule has 6 heteroatoms. The predicted molar refractivity (Wildman–Crippen MR) is 105 cm³/mol. The number of nitrogens with one attached hydrogen (secondary N) is 1. The monoisotopic (exact) mass is 367 g/mol. The van der Waals surface area contributed by atoms with Gasteiger partial charge in [-0.05, 0) is 54.3 Å². The Morgan fingerprint density at radius 2 is 1.81 bits per heavy atom. The van der Waals surface area contributed by atoms with Crippen LogP contribution < -0.4 is 10.2 Å². The molecule has 2 aromatic carbocycles. The summed E-state index contributed by atoms with van der Waals surface area (Å²) < 4.78 is 1.76. The molecule has 0 bridgehead atoms. The first-order valence-corrected chi connectivity index (χ1v) is 9.31. The number of hydrogen-bond donors (Lipinski definition) is 1. The van der Waals surface area contributed by atoms with Crippen LogP contribution in [0.3, 0.4) is 0 Å². The van der Waals surface area contributed by atoms with E-state index < -0.39 is 0 Å². The summed E-state index contributed by atoms with van der Waals surface area (Å²) in [4.78, 5) is 6.42. The van der Waals surface area contributed by atoms with Crippen molar-refractivity contribution in [2.45, 2.75) is 13.0 Å². The van der Waals surface area contributed by atoms with E-state index in [1.54, 1.807) is 17.3 Å². The van der Waals surface area contributed by atoms with Crippen LogP contribution in [0.5, 0.6) is 0 Å². The average Bonchev–Trinajstić information content (AvgIpc) is 3.35. The lowest BCUT2D eigenvalue weighted by molar-refractivity contribution is 0.516. The summed E-state index contributed by atoms with van der Waals surface area (Å²) in [6.07, 6.45) is 4.48. The zero-order valence-corrected chi connectivity index (χ0v) is 15.3. The highest BCUT2D eigenvalue weighted by Gasteiger charge is 2.22. The molecule has 1 aliphatic rings. The smallest absolute Gasteiger partial charge is 0.138 e. The van der Waals surface area contributed by atoms with E-state index in [9.17, 15) is 0 Å². The van der Waals surface area contributed by atoms with E-state index in [-0.39, 0.29) is 0 Å². The van der Waals surface area contributed by atoms with Gasteiger partial charge in [0.2, 0.25) is 0 Å². The van der Waals surface area contributed by atoms with Gasteiger partial charge in [0.1, 0.15) is 12.7 Å². The minimum atomic E-state index is 0.681. The zero-order chi connectivity index (χ0) is 17.8. The first-order chi connectivity index (χ1) is 12.8. The summed E-state index contributed by atoms with van der Waals surface area (Å²) in [7, 11) is 0. The maximum absolute atomic E-state index is 5.98. The van der Waals surface area contributed by atoms with Crippen LogP contribution in [0.25, 0.3) is 5.69 Å². The summed E-state index contributed by atoms with van der Waals surface area (Å²) in [6, 6.07) is 16.6. The van der Waals surface area contributed by atoms with Crippen molar-refractivity contribution in [2.24, 2.45) is 5.92 Å². The molecule has 0 amide bonds. The van der Waals surface area contributed by atoms with Gasteiger partial charge in [0, 0.05) is 36.9 Å². The van der Waals surface area contributed by atoms with E-state index in [0.29, 0.717) is 5.92 Å². The molecule has 1 fully saturated rings. The highest BCUT2D eigenvalue weighted by atomic mass is 35.5. The second-order valence-corrected chi connectivity index (χ2v) is 7.15. The van der Waals surface area contributed by atoms with Crippen molar-refractivity contribution < 1.29 is 0 Å². The van der Waals surface area contributed by atoms with Gasteiger partial charge in [0.15, 0.2) is 0 Å². The topological polar surface area (TPSA) is 46.0 Å². The maximum Gasteiger partial charge on any atom is 0.138 e. The summed E-state index contributed by atoms with van der Waals surface area (Å²) in [6.45, 7) is 4.13. The number of nitrogens with zero attached hydrogens (tertiary/aromatic N) is 4. The Bertz CT molecular complexity index is 814. The van der Waals surface area contributed by atoms with Crippen molar-refractivity contribution in [1.82, 2.24) is 20.1 Å². The van der Waals surface area contributed by atoms with Crippen LogP contribution in [0, 0.1) is 5.92 Å². The van der Waals surface area contributed by atoms with Gasteiger partial charge in [-0.3, -0.25) is 0 Å². The Hall–Kier alpha value is -2.37. The first-order valence-electron chi connectivity index (χ1n) is 8.93. The van der Waals surface area contributed by atoms with Crippen LogP contribution in [-0.4, -0.2) is 34.4 Å². The predicted octanol–water partition coefficient (Wildman–Crippen LogP) is 3.54. The lowest BCUT2D eigenvalue weighted by atomic mass is 10.1. The molecule has 0 saturated carbocycles. The van der Waals surface area contributed by atoms with E-state index in [0.717, 1.165) is 36.9 Å². The normalized spacial score (nSPS) is 17.0. The molecule has 1 atom stereocenters. The van der Waals surface area contributed by atoms with Crippen molar-refractivity contribution in [2.75, 3.05) is 24.5 Å². The zero-order valence-electron chi connectivity index (χ0n) is 14.6. The van der Waals surface area contributed by atoms with Crippen molar-refractivity contribution in [3.63, 3.8) is 0 Å². The summed E-state index contributed by atoms with van der Waals surface area (Å²) >= 11 is 5.98. The molecule has 1 N–H and O–H groups in total. The summed E-state index contributed by atoms with van der Waals surface area (Å²) in [5.74, 6) is 0.681. The fourth-order valence-corrected chi connectivity index (χ4v) is 3.54. The van der Waals surface area contributed by atoms with Gasteiger partial charge in [-0.2, -0.15) is 5.10 Å². The lowest BCUT2D eigenvalue weighted by Crippen LogP contribution is -2.26. The third-order valence-corrected chi connectivity index (χ3v) is 5.11. The van der Waals surface area contributed by atoms with Crippen LogP contribution in [0.4, 0.5) is 5.69 Å². The summed E-state index contributed by atoms with van der Waals surface area (Å²) in [5, 5.41) is 8.53. The molecule has 134 valence electrons. The molecule has 1 aromatic heterocycles. The van der Waals surface area contributed by atoms with Crippen LogP contribution in [0.1, 0.15) is 12.0 Å². The van der Waals surface area contributed by atoms with Gasteiger partial charge in [-0.25, -0.2) is 9.67 Å². The highest BCUT2D eigenvalue weighted by molar-refractivity contribution is 6.30. The van der Waals surface area contributed by atoms with Crippen LogP contribution in [0.2, 0.25) is 5.02 Å². The van der Waals surface area contributed by atoms with Crippen LogP contribution in [-0.2, 0) is 6.54 Å². The van der Waals surface area contributed by atoms with E-state index in [4.69, 9.17) is 11.6 Å². The maximum atomic E-state index is 5.98. The minimum Gasteiger partial charge on any atom is -0.371 e. The van der Waals surface area contributed by atoms with E-state index in [2.05, 4.69) is 56.7 Å². The molecule has 5 nitrogen and oxygen atoms in total. The van der Waals surface area contributed by atoms with Gasteiger partial charge in [0.25, 0.3) is 0 Å². The third-order valence-electron chi connectivity index (χ3n) is 4.86. The minimum absolute atomic E-state index is 0.681. The molecule has 1 saturated heterocycles. The molecule has 1 unspecified atom stereocenters. The fraction of sp³-hybridized carbons (Fsp3) is 0.300. The van der Waals surface area contributed by atoms with Gasteiger partial charge >= 0.3 is 0 Å². The van der Waals surface area contributed by atoms with Gasteiger partial charge in [-0.15, -0.1) is 0 Å². The second-order valence-electron chi connectivity index (χ2n) is 6.71. The molecule has 26 heavy (non-hydrogen) atoms. The third kappa shape index (κ3) is 4.06. The SMILES string of the molecule is Clc1ccc(N2CCC(CNCc3ccc(-n4cncn4)cc3)C2)cc1. The largest absolute Gasteiger partial charge is 0.371 e. The molecular weight excluding hydrogens is 346 g/mol. The molecule has 1 aliphatic heterocycles. The molecule has 0 radical (unpaired) electrons. The summed E-state index contributed by atoms with van der Waals surface area (Å²) in [5.41, 5.74) is 3.57. The lowest BCUT2D eigenvalue weighted by Gasteiger charge is -2.19. The van der Waals surface area contributed by atoms with E-state index in [1.165, 1.54) is 17.7 Å². The number of rotatable bonds is 6. The Kier molecular flexibility index (Phi) is 5.18. The Morgan fingerprint density at radius 3 is 2.54 bits per heavy atom. The molecule has 4 rings (SSSR count). The van der Waals surface area contributed by atoms with E-state index in [1.807, 2.05) is 12.1 Å². The number of anilines is 1. The second kappa shape index (κ2) is 7.89. The van der Waals surface area contributed by atoms with Crippen molar-refractivity contribution >= 4 is 17.3 Å². The quantitative estimate of drug-likeness (QED) is 0.724. The highest BCUT2D eigenvalue weighted by Crippen LogP contribution is 2.24. The van der Waals surface area contributed by atoms with Gasteiger partial charge in [-0.1, -0.05) is 23.7 Å².